The lowest BCUT2D eigenvalue weighted by Gasteiger charge is -2.59. The van der Waals surface area contributed by atoms with Gasteiger partial charge >= 0.3 is 71.2 Å². The first-order valence-corrected chi connectivity index (χ1v) is 34.8. The standard InChI is InChI=1S/C20H54O13Si10/c1-12-20(9)36(10,11)24-43-23-35(13-2)22-38(15-4)27-39(16-5)25-37(14-3,21-34)26-41(18-7,32-43)30-40(17-6,29-39)31-42(19-8,28-38)33-43/h20,35H,12-19H2,1-11,34H3. The number of rotatable bonds is 12. The first kappa shape index (κ1) is 37.5. The van der Waals surface area contributed by atoms with Crippen molar-refractivity contribution in [2.24, 2.45) is 0 Å². The van der Waals surface area contributed by atoms with Crippen molar-refractivity contribution in [3.05, 3.63) is 0 Å². The van der Waals surface area contributed by atoms with E-state index in [4.69, 9.17) is 53.5 Å². The maximum absolute atomic E-state index is 7.25. The summed E-state index contributed by atoms with van der Waals surface area (Å²) in [6.07, 6.45) is 0.943. The molecule has 0 radical (unpaired) electrons. The monoisotopic (exact) mass is 782 g/mol. The van der Waals surface area contributed by atoms with Gasteiger partial charge < -0.3 is 53.5 Å². The second-order valence-corrected chi connectivity index (χ2v) is 42.9. The lowest BCUT2D eigenvalue weighted by molar-refractivity contribution is -0.0144. The van der Waals surface area contributed by atoms with Crippen LogP contribution < -0.4 is 0 Å². The minimum absolute atomic E-state index is 0.286. The maximum atomic E-state index is 7.25. The fourth-order valence-electron chi connectivity index (χ4n) is 5.45. The van der Waals surface area contributed by atoms with E-state index < -0.39 is 79.5 Å². The molecule has 43 heavy (non-hydrogen) atoms. The van der Waals surface area contributed by atoms with Crippen molar-refractivity contribution in [3.8, 4) is 0 Å². The van der Waals surface area contributed by atoms with Gasteiger partial charge in [0, 0.05) is 36.3 Å². The van der Waals surface area contributed by atoms with Gasteiger partial charge in [0.2, 0.25) is 0 Å². The van der Waals surface area contributed by atoms with Gasteiger partial charge in [0.1, 0.15) is 10.5 Å². The summed E-state index contributed by atoms with van der Waals surface area (Å²) >= 11 is 0. The van der Waals surface area contributed by atoms with Crippen molar-refractivity contribution in [2.45, 2.75) is 130 Å². The van der Waals surface area contributed by atoms with Gasteiger partial charge in [-0.25, -0.2) is 0 Å². The molecule has 4 fully saturated rings. The van der Waals surface area contributed by atoms with Gasteiger partial charge in [0.05, 0.1) is 0 Å². The second kappa shape index (κ2) is 13.5. The van der Waals surface area contributed by atoms with E-state index in [9.17, 15) is 0 Å². The van der Waals surface area contributed by atoms with Crippen LogP contribution in [0.15, 0.2) is 0 Å². The molecule has 252 valence electrons. The summed E-state index contributed by atoms with van der Waals surface area (Å²) < 4.78 is 92.1. The highest BCUT2D eigenvalue weighted by atomic mass is 28.6. The van der Waals surface area contributed by atoms with E-state index in [0.29, 0.717) is 52.8 Å². The van der Waals surface area contributed by atoms with Crippen LogP contribution in [0.25, 0.3) is 0 Å². The fourth-order valence-corrected chi connectivity index (χ4v) is 56.5. The molecule has 23 heteroatoms. The van der Waals surface area contributed by atoms with Gasteiger partial charge in [-0.2, -0.15) is 0 Å². The Morgan fingerprint density at radius 1 is 0.605 bits per heavy atom. The van der Waals surface area contributed by atoms with Crippen LogP contribution in [-0.4, -0.2) is 90.0 Å². The van der Waals surface area contributed by atoms with Crippen molar-refractivity contribution in [1.82, 2.24) is 0 Å². The van der Waals surface area contributed by atoms with Crippen LogP contribution in [0.3, 0.4) is 0 Å². The molecular weight excluding hydrogens is 729 g/mol. The molecule has 0 aromatic heterocycles. The predicted octanol–water partition coefficient (Wildman–Crippen LogP) is 3.97. The minimum Gasteiger partial charge on any atom is -0.425 e. The Kier molecular flexibility index (Phi) is 11.8. The molecule has 13 nitrogen and oxygen atoms in total. The third kappa shape index (κ3) is 7.19. The molecule has 4 saturated heterocycles. The molecule has 0 N–H and O–H groups in total. The third-order valence-electron chi connectivity index (χ3n) is 8.75. The summed E-state index contributed by atoms with van der Waals surface area (Å²) in [5.41, 5.74) is 0.286. The van der Waals surface area contributed by atoms with Crippen molar-refractivity contribution >= 4 is 90.0 Å². The zero-order chi connectivity index (χ0) is 32.0. The lowest BCUT2D eigenvalue weighted by atomic mass is 10.4. The van der Waals surface area contributed by atoms with Crippen molar-refractivity contribution < 1.29 is 53.5 Å². The highest BCUT2D eigenvalue weighted by Crippen LogP contribution is 2.49. The van der Waals surface area contributed by atoms with E-state index in [1.165, 1.54) is 0 Å². The maximum Gasteiger partial charge on any atom is 0.644 e. The molecule has 0 aromatic rings. The fraction of sp³-hybridized carbons (Fsp3) is 1.00. The molecule has 4 aliphatic heterocycles. The van der Waals surface area contributed by atoms with Crippen LogP contribution in [0.1, 0.15) is 68.7 Å². The van der Waals surface area contributed by atoms with Gasteiger partial charge in [0.15, 0.2) is 8.32 Å². The summed E-state index contributed by atoms with van der Waals surface area (Å²) in [7, 11) is -30.7. The normalized spacial score (nSPS) is 46.0. The van der Waals surface area contributed by atoms with Crippen LogP contribution >= 0.6 is 0 Å². The summed E-state index contributed by atoms with van der Waals surface area (Å²) in [6.45, 7) is 22.8. The average Bonchev–Trinajstić information content (AvgIpc) is 2.96. The van der Waals surface area contributed by atoms with Crippen LogP contribution in [0, 0.1) is 0 Å². The van der Waals surface area contributed by atoms with Gasteiger partial charge in [-0.1, -0.05) is 68.7 Å². The van der Waals surface area contributed by atoms with Crippen LogP contribution in [0.4, 0.5) is 0 Å². The smallest absolute Gasteiger partial charge is 0.425 e. The first-order chi connectivity index (χ1) is 20.1. The highest BCUT2D eigenvalue weighted by Gasteiger charge is 2.79. The zero-order valence-corrected chi connectivity index (χ0v) is 39.3. The van der Waals surface area contributed by atoms with Gasteiger partial charge in [0.25, 0.3) is 0 Å². The minimum atomic E-state index is -4.13. The number of hydrogen-bond donors (Lipinski definition) is 0. The van der Waals surface area contributed by atoms with Gasteiger partial charge in [-0.3, -0.25) is 0 Å². The quantitative estimate of drug-likeness (QED) is 0.266. The second-order valence-electron chi connectivity index (χ2n) is 11.9. The Morgan fingerprint density at radius 3 is 1.42 bits per heavy atom. The molecule has 0 spiro atoms. The van der Waals surface area contributed by atoms with Crippen molar-refractivity contribution in [3.63, 3.8) is 0 Å². The SMILES string of the molecule is CCC(C)[Si](C)(C)O[Si]12O[SiH](CC)O[Si]3(CC)O[Si]4(CC)O[Si](CC)(O[SiH3])O[Si](CC)(O[Si](CC)(O4)O[Si](CC)(O3)O1)O2. The predicted molar refractivity (Wildman–Crippen MR) is 182 cm³/mol. The van der Waals surface area contributed by atoms with Crippen molar-refractivity contribution in [2.75, 3.05) is 0 Å². The van der Waals surface area contributed by atoms with E-state index in [2.05, 4.69) is 26.9 Å². The topological polar surface area (TPSA) is 120 Å². The molecule has 4 aliphatic rings. The van der Waals surface area contributed by atoms with E-state index in [1.54, 1.807) is 0 Å². The zero-order valence-electron chi connectivity index (χ0n) is 28.1. The molecule has 0 aromatic carbocycles. The Balaban J connectivity index is 2.08. The molecule has 4 heterocycles. The molecule has 0 aliphatic carbocycles. The highest BCUT2D eigenvalue weighted by molar-refractivity contribution is 7.00. The average molecular weight is 783 g/mol. The summed E-state index contributed by atoms with van der Waals surface area (Å²) in [4.78, 5) is 0. The van der Waals surface area contributed by atoms with Crippen molar-refractivity contribution in [1.29, 1.82) is 0 Å². The molecule has 6 bridgehead atoms. The molecule has 0 amide bonds. The molecule has 9 atom stereocenters. The first-order valence-electron chi connectivity index (χ1n) is 16.0. The summed E-state index contributed by atoms with van der Waals surface area (Å²) in [5.74, 6) is 0. The van der Waals surface area contributed by atoms with Gasteiger partial charge in [-0.05, 0) is 24.7 Å². The lowest BCUT2D eigenvalue weighted by Crippen LogP contribution is -2.84. The summed E-state index contributed by atoms with van der Waals surface area (Å²) in [5, 5.41) is 0. The Morgan fingerprint density at radius 2 is 1.02 bits per heavy atom. The largest absolute Gasteiger partial charge is 0.644 e. The molecule has 0 saturated carbocycles. The molecule has 4 rings (SSSR count). The molecule has 9 unspecified atom stereocenters. The van der Waals surface area contributed by atoms with E-state index in [1.807, 2.05) is 48.5 Å². The van der Waals surface area contributed by atoms with Crippen LogP contribution in [0.2, 0.25) is 60.9 Å². The van der Waals surface area contributed by atoms with Gasteiger partial charge in [-0.15, -0.1) is 0 Å². The third-order valence-corrected chi connectivity index (χ3v) is 49.6. The Labute approximate surface area is 272 Å². The number of hydrogen-bond acceptors (Lipinski definition) is 13. The Bertz CT molecular complexity index is 986. The van der Waals surface area contributed by atoms with E-state index in [-0.39, 0.29) is 5.54 Å². The molecular formula is C20H54O13Si10. The van der Waals surface area contributed by atoms with Crippen LogP contribution in [0.5, 0.6) is 0 Å². The van der Waals surface area contributed by atoms with E-state index >= 15 is 0 Å². The Hall–Kier alpha value is 1.65. The van der Waals surface area contributed by atoms with E-state index in [0.717, 1.165) is 6.42 Å². The summed E-state index contributed by atoms with van der Waals surface area (Å²) in [6, 6.07) is 3.23. The van der Waals surface area contributed by atoms with Crippen LogP contribution in [-0.2, 0) is 53.5 Å². The number of fused-ring (bicyclic) bond motifs is 4.